The molecule has 1 aromatic carbocycles. The second-order valence-corrected chi connectivity index (χ2v) is 6.69. The summed E-state index contributed by atoms with van der Waals surface area (Å²) in [5, 5.41) is 6.75. The van der Waals surface area contributed by atoms with Gasteiger partial charge in [0.25, 0.3) is 5.91 Å². The van der Waals surface area contributed by atoms with Crippen molar-refractivity contribution in [2.45, 2.75) is 39.2 Å². The number of aromatic nitrogens is 2. The lowest BCUT2D eigenvalue weighted by Crippen LogP contribution is -2.36. The number of aryl methyl sites for hydroxylation is 1. The Labute approximate surface area is 152 Å². The van der Waals surface area contributed by atoms with Crippen LogP contribution in [0, 0.1) is 12.8 Å². The largest absolute Gasteiger partial charge is 0.356 e. The molecule has 2 atom stereocenters. The quantitative estimate of drug-likeness (QED) is 0.889. The number of amides is 2. The molecule has 0 aliphatic heterocycles. The summed E-state index contributed by atoms with van der Waals surface area (Å²) in [5.74, 6) is 1.07. The van der Waals surface area contributed by atoms with E-state index in [0.29, 0.717) is 30.2 Å². The maximum atomic E-state index is 12.8. The van der Waals surface area contributed by atoms with Gasteiger partial charge in [-0.3, -0.25) is 9.59 Å². The molecule has 26 heavy (non-hydrogen) atoms. The topological polar surface area (TPSA) is 88.3 Å². The molecule has 0 unspecified atom stereocenters. The molecule has 1 saturated carbocycles. The number of nitrogens with one attached hydrogen (secondary N) is 1. The van der Waals surface area contributed by atoms with E-state index in [1.54, 1.807) is 24.0 Å². The third-order valence-corrected chi connectivity index (χ3v) is 4.91. The average molecular weight is 356 g/mol. The Morgan fingerprint density at radius 1 is 1.27 bits per heavy atom. The Bertz CT molecular complexity index is 784. The van der Waals surface area contributed by atoms with Crippen LogP contribution in [0.3, 0.4) is 0 Å². The molecule has 3 rings (SSSR count). The lowest BCUT2D eigenvalue weighted by Gasteiger charge is -2.25. The molecule has 2 aromatic rings. The van der Waals surface area contributed by atoms with Gasteiger partial charge >= 0.3 is 0 Å². The van der Waals surface area contributed by atoms with Crippen molar-refractivity contribution in [1.29, 1.82) is 0 Å². The second-order valence-electron chi connectivity index (χ2n) is 6.69. The molecule has 1 fully saturated rings. The van der Waals surface area contributed by atoms with E-state index >= 15 is 0 Å². The minimum atomic E-state index is -0.0395. The Balaban J connectivity index is 1.64. The van der Waals surface area contributed by atoms with E-state index in [1.165, 1.54) is 0 Å². The van der Waals surface area contributed by atoms with Gasteiger partial charge in [0.1, 0.15) is 0 Å². The Morgan fingerprint density at radius 3 is 2.62 bits per heavy atom. The van der Waals surface area contributed by atoms with E-state index in [0.717, 1.165) is 18.4 Å². The SMILES string of the molecule is CCNC(=O)[C@H]1CC[C@@H](N(C)C(=O)c2ccc(-c3noc(C)n3)cc2)C1. The number of carbonyl (C=O) groups excluding carboxylic acids is 2. The maximum Gasteiger partial charge on any atom is 0.253 e. The lowest BCUT2D eigenvalue weighted by atomic mass is 10.1. The first kappa shape index (κ1) is 18.1. The zero-order valence-electron chi connectivity index (χ0n) is 15.4. The van der Waals surface area contributed by atoms with Gasteiger partial charge in [-0.1, -0.05) is 17.3 Å². The van der Waals surface area contributed by atoms with Gasteiger partial charge in [-0.15, -0.1) is 0 Å². The van der Waals surface area contributed by atoms with Crippen LogP contribution in [0.25, 0.3) is 11.4 Å². The van der Waals surface area contributed by atoms with Crippen LogP contribution in [0.5, 0.6) is 0 Å². The van der Waals surface area contributed by atoms with E-state index in [1.807, 2.05) is 26.1 Å². The first-order chi connectivity index (χ1) is 12.5. The van der Waals surface area contributed by atoms with E-state index in [-0.39, 0.29) is 23.8 Å². The maximum absolute atomic E-state index is 12.8. The first-order valence-electron chi connectivity index (χ1n) is 8.95. The van der Waals surface area contributed by atoms with E-state index in [9.17, 15) is 9.59 Å². The predicted molar refractivity (Wildman–Crippen MR) is 96.4 cm³/mol. The van der Waals surface area contributed by atoms with Crippen molar-refractivity contribution in [3.05, 3.63) is 35.7 Å². The zero-order valence-corrected chi connectivity index (χ0v) is 15.4. The van der Waals surface area contributed by atoms with Gasteiger partial charge in [0.2, 0.25) is 17.6 Å². The molecular formula is C19H24N4O3. The molecule has 0 bridgehead atoms. The molecule has 0 radical (unpaired) electrons. The minimum Gasteiger partial charge on any atom is -0.356 e. The average Bonchev–Trinajstić information content (AvgIpc) is 3.30. The van der Waals surface area contributed by atoms with Gasteiger partial charge in [-0.05, 0) is 38.3 Å². The van der Waals surface area contributed by atoms with Crippen LogP contribution < -0.4 is 5.32 Å². The fraction of sp³-hybridized carbons (Fsp3) is 0.474. The van der Waals surface area contributed by atoms with E-state index in [2.05, 4.69) is 15.5 Å². The highest BCUT2D eigenvalue weighted by molar-refractivity contribution is 5.94. The molecule has 0 spiro atoms. The van der Waals surface area contributed by atoms with Crippen molar-refractivity contribution in [1.82, 2.24) is 20.4 Å². The van der Waals surface area contributed by atoms with Crippen molar-refractivity contribution in [2.75, 3.05) is 13.6 Å². The summed E-state index contributed by atoms with van der Waals surface area (Å²) in [4.78, 5) is 30.7. The van der Waals surface area contributed by atoms with Gasteiger partial charge in [-0.2, -0.15) is 4.98 Å². The van der Waals surface area contributed by atoms with Crippen LogP contribution in [-0.4, -0.2) is 46.5 Å². The second kappa shape index (κ2) is 7.68. The molecule has 1 N–H and O–H groups in total. The van der Waals surface area contributed by atoms with Crippen LogP contribution >= 0.6 is 0 Å². The number of nitrogens with zero attached hydrogens (tertiary/aromatic N) is 3. The summed E-state index contributed by atoms with van der Waals surface area (Å²) in [6, 6.07) is 7.27. The lowest BCUT2D eigenvalue weighted by molar-refractivity contribution is -0.124. The van der Waals surface area contributed by atoms with Gasteiger partial charge in [-0.25, -0.2) is 0 Å². The summed E-state index contributed by atoms with van der Waals surface area (Å²) in [5.41, 5.74) is 1.41. The van der Waals surface area contributed by atoms with E-state index < -0.39 is 0 Å². The van der Waals surface area contributed by atoms with Gasteiger partial charge in [0.05, 0.1) is 0 Å². The molecule has 0 saturated heterocycles. The summed E-state index contributed by atoms with van der Waals surface area (Å²) >= 11 is 0. The smallest absolute Gasteiger partial charge is 0.253 e. The molecule has 7 heteroatoms. The molecule has 1 aliphatic rings. The van der Waals surface area contributed by atoms with Crippen molar-refractivity contribution >= 4 is 11.8 Å². The molecule has 1 aliphatic carbocycles. The third kappa shape index (κ3) is 3.76. The zero-order chi connectivity index (χ0) is 18.7. The predicted octanol–water partition coefficient (Wildman–Crippen LogP) is 2.42. The normalized spacial score (nSPS) is 19.3. The van der Waals surface area contributed by atoms with Crippen LogP contribution in [-0.2, 0) is 4.79 Å². The third-order valence-electron chi connectivity index (χ3n) is 4.91. The molecule has 2 amide bonds. The van der Waals surface area contributed by atoms with Crippen molar-refractivity contribution in [3.63, 3.8) is 0 Å². The van der Waals surface area contributed by atoms with E-state index in [4.69, 9.17) is 4.52 Å². The number of carbonyl (C=O) groups is 2. The van der Waals surface area contributed by atoms with Crippen molar-refractivity contribution < 1.29 is 14.1 Å². The Morgan fingerprint density at radius 2 is 2.00 bits per heavy atom. The minimum absolute atomic E-state index is 0.000875. The molecule has 1 heterocycles. The van der Waals surface area contributed by atoms with Crippen LogP contribution in [0.2, 0.25) is 0 Å². The number of rotatable bonds is 5. The summed E-state index contributed by atoms with van der Waals surface area (Å²) in [6.07, 6.45) is 2.39. The Hall–Kier alpha value is -2.70. The summed E-state index contributed by atoms with van der Waals surface area (Å²) in [6.45, 7) is 4.29. The standard InChI is InChI=1S/C19H24N4O3/c1-4-20-18(24)15-9-10-16(11-15)23(3)19(25)14-7-5-13(6-8-14)17-21-12(2)26-22-17/h5-8,15-16H,4,9-11H2,1-3H3,(H,20,24)/t15-,16+/m0/s1. The van der Waals surface area contributed by atoms with Crippen LogP contribution in [0.15, 0.2) is 28.8 Å². The highest BCUT2D eigenvalue weighted by atomic mass is 16.5. The molecule has 7 nitrogen and oxygen atoms in total. The summed E-state index contributed by atoms with van der Waals surface area (Å²) in [7, 11) is 1.81. The number of benzene rings is 1. The van der Waals surface area contributed by atoms with Gasteiger partial charge < -0.3 is 14.7 Å². The number of hydrogen-bond donors (Lipinski definition) is 1. The van der Waals surface area contributed by atoms with Crippen LogP contribution in [0.1, 0.15) is 42.4 Å². The van der Waals surface area contributed by atoms with Crippen molar-refractivity contribution in [2.24, 2.45) is 5.92 Å². The first-order valence-corrected chi connectivity index (χ1v) is 8.95. The Kier molecular flexibility index (Phi) is 5.35. The van der Waals surface area contributed by atoms with Crippen LogP contribution in [0.4, 0.5) is 0 Å². The summed E-state index contributed by atoms with van der Waals surface area (Å²) < 4.78 is 4.98. The fourth-order valence-corrected chi connectivity index (χ4v) is 3.41. The van der Waals surface area contributed by atoms with Crippen molar-refractivity contribution in [3.8, 4) is 11.4 Å². The fourth-order valence-electron chi connectivity index (χ4n) is 3.41. The monoisotopic (exact) mass is 356 g/mol. The van der Waals surface area contributed by atoms with Gasteiger partial charge in [0, 0.05) is 43.6 Å². The molecular weight excluding hydrogens is 332 g/mol. The highest BCUT2D eigenvalue weighted by Gasteiger charge is 2.33. The highest BCUT2D eigenvalue weighted by Crippen LogP contribution is 2.30. The number of hydrogen-bond acceptors (Lipinski definition) is 5. The molecule has 138 valence electrons. The van der Waals surface area contributed by atoms with Gasteiger partial charge in [0.15, 0.2) is 0 Å². The molecule has 1 aromatic heterocycles.